The van der Waals surface area contributed by atoms with Crippen LogP contribution in [-0.4, -0.2) is 16.9 Å². The molecule has 1 aromatic carbocycles. The minimum absolute atomic E-state index is 0.00670. The molecule has 0 amide bonds. The summed E-state index contributed by atoms with van der Waals surface area (Å²) >= 11 is 0. The SMILES string of the molecule is O=C(O)c1ccc[n+](CC(=O)c2ccc(F)cc2)c1. The first-order valence-corrected chi connectivity index (χ1v) is 5.57. The summed E-state index contributed by atoms with van der Waals surface area (Å²) in [7, 11) is 0. The maximum atomic E-state index is 12.7. The lowest BCUT2D eigenvalue weighted by atomic mass is 10.1. The first-order chi connectivity index (χ1) is 9.06. The summed E-state index contributed by atoms with van der Waals surface area (Å²) in [5.41, 5.74) is 0.490. The van der Waals surface area contributed by atoms with Gasteiger partial charge in [-0.2, -0.15) is 4.57 Å². The van der Waals surface area contributed by atoms with E-state index < -0.39 is 11.8 Å². The highest BCUT2D eigenvalue weighted by Gasteiger charge is 2.14. The average molecular weight is 260 g/mol. The summed E-state index contributed by atoms with van der Waals surface area (Å²) in [5.74, 6) is -1.67. The fourth-order valence-corrected chi connectivity index (χ4v) is 1.64. The highest BCUT2D eigenvalue weighted by molar-refractivity contribution is 5.95. The molecule has 0 aliphatic rings. The molecule has 0 spiro atoms. The molecule has 2 rings (SSSR count). The van der Waals surface area contributed by atoms with E-state index in [-0.39, 0.29) is 17.9 Å². The minimum atomic E-state index is -1.05. The summed E-state index contributed by atoms with van der Waals surface area (Å²) < 4.78 is 14.2. The van der Waals surface area contributed by atoms with Crippen molar-refractivity contribution in [1.29, 1.82) is 0 Å². The van der Waals surface area contributed by atoms with Gasteiger partial charge >= 0.3 is 5.97 Å². The van der Waals surface area contributed by atoms with Gasteiger partial charge in [-0.25, -0.2) is 9.18 Å². The fourth-order valence-electron chi connectivity index (χ4n) is 1.64. The van der Waals surface area contributed by atoms with E-state index in [1.54, 1.807) is 12.3 Å². The van der Waals surface area contributed by atoms with Crippen LogP contribution in [0.25, 0.3) is 0 Å². The Morgan fingerprint density at radius 3 is 2.42 bits per heavy atom. The molecule has 0 saturated heterocycles. The average Bonchev–Trinajstić information content (AvgIpc) is 2.39. The lowest BCUT2D eigenvalue weighted by Gasteiger charge is -1.99. The molecule has 1 aromatic heterocycles. The van der Waals surface area contributed by atoms with E-state index in [1.807, 2.05) is 0 Å². The van der Waals surface area contributed by atoms with Gasteiger partial charge in [0.2, 0.25) is 12.3 Å². The second-order valence-electron chi connectivity index (χ2n) is 4.00. The van der Waals surface area contributed by atoms with Gasteiger partial charge in [0, 0.05) is 11.6 Å². The summed E-state index contributed by atoms with van der Waals surface area (Å²) in [6, 6.07) is 8.23. The number of hydrogen-bond acceptors (Lipinski definition) is 2. The van der Waals surface area contributed by atoms with Crippen LogP contribution >= 0.6 is 0 Å². The molecular formula is C14H11FNO3+. The molecular weight excluding hydrogens is 249 g/mol. The summed E-state index contributed by atoms with van der Waals surface area (Å²) in [4.78, 5) is 22.7. The standard InChI is InChI=1S/C14H10FNO3/c15-12-5-3-10(4-6-12)13(17)9-16-7-1-2-11(8-16)14(18)19/h1-8H,9H2/p+1. The van der Waals surface area contributed by atoms with Crippen LogP contribution in [0, 0.1) is 5.82 Å². The van der Waals surface area contributed by atoms with Crippen LogP contribution < -0.4 is 4.57 Å². The molecule has 0 aliphatic heterocycles. The van der Waals surface area contributed by atoms with E-state index in [4.69, 9.17) is 5.11 Å². The highest BCUT2D eigenvalue weighted by Crippen LogP contribution is 2.04. The van der Waals surface area contributed by atoms with E-state index >= 15 is 0 Å². The Labute approximate surface area is 108 Å². The largest absolute Gasteiger partial charge is 0.477 e. The van der Waals surface area contributed by atoms with Crippen molar-refractivity contribution in [1.82, 2.24) is 0 Å². The lowest BCUT2D eigenvalue weighted by Crippen LogP contribution is -2.38. The summed E-state index contributed by atoms with van der Waals surface area (Å²) in [6.45, 7) is 0.00670. The van der Waals surface area contributed by atoms with Crippen molar-refractivity contribution >= 4 is 11.8 Å². The van der Waals surface area contributed by atoms with Crippen LogP contribution in [0.2, 0.25) is 0 Å². The Balaban J connectivity index is 2.17. The van der Waals surface area contributed by atoms with E-state index in [0.717, 1.165) is 0 Å². The van der Waals surface area contributed by atoms with Gasteiger partial charge in [-0.1, -0.05) is 0 Å². The van der Waals surface area contributed by atoms with Crippen molar-refractivity contribution < 1.29 is 23.7 Å². The van der Waals surface area contributed by atoms with E-state index in [2.05, 4.69) is 0 Å². The molecule has 1 N–H and O–H groups in total. The molecule has 5 heteroatoms. The molecule has 0 unspecified atom stereocenters. The number of carbonyl (C=O) groups is 2. The van der Waals surface area contributed by atoms with Gasteiger partial charge in [-0.05, 0) is 30.3 Å². The first-order valence-electron chi connectivity index (χ1n) is 5.57. The zero-order valence-electron chi connectivity index (χ0n) is 9.91. The van der Waals surface area contributed by atoms with E-state index in [1.165, 1.54) is 41.1 Å². The second-order valence-corrected chi connectivity index (χ2v) is 4.00. The Morgan fingerprint density at radius 2 is 1.79 bits per heavy atom. The van der Waals surface area contributed by atoms with Crippen LogP contribution in [-0.2, 0) is 6.54 Å². The number of Topliss-reactive ketones (excluding diaryl/α,β-unsaturated/α-hetero) is 1. The third-order valence-electron chi connectivity index (χ3n) is 2.60. The van der Waals surface area contributed by atoms with Gasteiger partial charge in [0.1, 0.15) is 11.4 Å². The number of halogens is 1. The van der Waals surface area contributed by atoms with Crippen molar-refractivity contribution in [3.8, 4) is 0 Å². The van der Waals surface area contributed by atoms with Crippen molar-refractivity contribution in [3.63, 3.8) is 0 Å². The van der Waals surface area contributed by atoms with Crippen LogP contribution in [0.5, 0.6) is 0 Å². The topological polar surface area (TPSA) is 58.2 Å². The van der Waals surface area contributed by atoms with Gasteiger partial charge in [-0.3, -0.25) is 4.79 Å². The van der Waals surface area contributed by atoms with Gasteiger partial charge in [0.25, 0.3) is 0 Å². The fraction of sp³-hybridized carbons (Fsp3) is 0.0714. The highest BCUT2D eigenvalue weighted by atomic mass is 19.1. The normalized spacial score (nSPS) is 10.2. The lowest BCUT2D eigenvalue weighted by molar-refractivity contribution is -0.683. The quantitative estimate of drug-likeness (QED) is 0.672. The Kier molecular flexibility index (Phi) is 3.66. The number of carbonyl (C=O) groups excluding carboxylic acids is 1. The Bertz CT molecular complexity index is 623. The van der Waals surface area contributed by atoms with Crippen LogP contribution in [0.4, 0.5) is 4.39 Å². The predicted octanol–water partition coefficient (Wildman–Crippen LogP) is 1.69. The van der Waals surface area contributed by atoms with Crippen molar-refractivity contribution in [3.05, 3.63) is 65.7 Å². The zero-order chi connectivity index (χ0) is 13.8. The third kappa shape index (κ3) is 3.22. The molecule has 1 heterocycles. The smallest absolute Gasteiger partial charge is 0.341 e. The van der Waals surface area contributed by atoms with Gasteiger partial charge in [0.15, 0.2) is 12.4 Å². The predicted molar refractivity (Wildman–Crippen MR) is 64.3 cm³/mol. The number of ketones is 1. The number of nitrogens with zero attached hydrogens (tertiary/aromatic N) is 1. The van der Waals surface area contributed by atoms with Crippen LogP contribution in [0.1, 0.15) is 20.7 Å². The van der Waals surface area contributed by atoms with E-state index in [0.29, 0.717) is 5.56 Å². The van der Waals surface area contributed by atoms with Crippen LogP contribution in [0.15, 0.2) is 48.8 Å². The van der Waals surface area contributed by atoms with Crippen molar-refractivity contribution in [2.24, 2.45) is 0 Å². The third-order valence-corrected chi connectivity index (χ3v) is 2.60. The number of benzene rings is 1. The molecule has 0 radical (unpaired) electrons. The Hall–Kier alpha value is -2.56. The zero-order valence-corrected chi connectivity index (χ0v) is 9.91. The van der Waals surface area contributed by atoms with Crippen molar-refractivity contribution in [2.45, 2.75) is 6.54 Å². The first kappa shape index (κ1) is 12.9. The van der Waals surface area contributed by atoms with Gasteiger partial charge in [0.05, 0.1) is 0 Å². The van der Waals surface area contributed by atoms with Crippen LogP contribution in [0.3, 0.4) is 0 Å². The molecule has 0 aliphatic carbocycles. The summed E-state index contributed by atoms with van der Waals surface area (Å²) in [5, 5.41) is 8.85. The minimum Gasteiger partial charge on any atom is -0.477 e. The van der Waals surface area contributed by atoms with E-state index in [9.17, 15) is 14.0 Å². The van der Waals surface area contributed by atoms with Gasteiger partial charge in [-0.15, -0.1) is 0 Å². The molecule has 96 valence electrons. The molecule has 0 saturated carbocycles. The molecule has 0 bridgehead atoms. The van der Waals surface area contributed by atoms with Crippen molar-refractivity contribution in [2.75, 3.05) is 0 Å². The molecule has 2 aromatic rings. The van der Waals surface area contributed by atoms with Gasteiger partial charge < -0.3 is 5.11 Å². The Morgan fingerprint density at radius 1 is 1.11 bits per heavy atom. The number of aromatic nitrogens is 1. The number of pyridine rings is 1. The molecule has 0 atom stereocenters. The second kappa shape index (κ2) is 5.39. The monoisotopic (exact) mass is 260 g/mol. The number of hydrogen-bond donors (Lipinski definition) is 1. The number of carboxylic acid groups (broad SMARTS) is 1. The molecule has 0 fully saturated rings. The molecule has 4 nitrogen and oxygen atoms in total. The maximum Gasteiger partial charge on any atom is 0.341 e. The number of aromatic carboxylic acids is 1. The molecule has 19 heavy (non-hydrogen) atoms. The summed E-state index contributed by atoms with van der Waals surface area (Å²) in [6.07, 6.45) is 2.98. The number of rotatable bonds is 4. The maximum absolute atomic E-state index is 12.7. The number of carboxylic acids is 1.